The molecule has 98 valence electrons. The van der Waals surface area contributed by atoms with Gasteiger partial charge in [-0.1, -0.05) is 25.3 Å². The first-order chi connectivity index (χ1) is 8.59. The lowest BCUT2D eigenvalue weighted by Gasteiger charge is -2.35. The summed E-state index contributed by atoms with van der Waals surface area (Å²) in [5, 5.41) is 0. The van der Waals surface area contributed by atoms with Gasteiger partial charge < -0.3 is 5.73 Å². The molecule has 0 saturated heterocycles. The highest BCUT2D eigenvalue weighted by atomic mass is 19.1. The second kappa shape index (κ2) is 5.19. The van der Waals surface area contributed by atoms with Crippen LogP contribution < -0.4 is 5.73 Å². The van der Waals surface area contributed by atoms with Crippen molar-refractivity contribution in [3.05, 3.63) is 35.1 Å². The summed E-state index contributed by atoms with van der Waals surface area (Å²) in [4.78, 5) is 12.7. The van der Waals surface area contributed by atoms with Gasteiger partial charge in [0.2, 0.25) is 0 Å². The summed E-state index contributed by atoms with van der Waals surface area (Å²) in [6, 6.07) is 4.40. The Morgan fingerprint density at radius 3 is 2.61 bits per heavy atom. The summed E-state index contributed by atoms with van der Waals surface area (Å²) in [7, 11) is 0. The Kier molecular flexibility index (Phi) is 3.81. The van der Waals surface area contributed by atoms with Crippen LogP contribution in [-0.4, -0.2) is 12.3 Å². The lowest BCUT2D eigenvalue weighted by molar-refractivity contribution is 0.0728. The van der Waals surface area contributed by atoms with Crippen molar-refractivity contribution in [1.82, 2.24) is 0 Å². The minimum absolute atomic E-state index is 0.0294. The maximum Gasteiger partial charge on any atom is 0.170 e. The van der Waals surface area contributed by atoms with Crippen molar-refractivity contribution in [3.63, 3.8) is 0 Å². The molecule has 0 radical (unpaired) electrons. The smallest absolute Gasteiger partial charge is 0.170 e. The van der Waals surface area contributed by atoms with Crippen LogP contribution in [0.3, 0.4) is 0 Å². The number of ketones is 1. The van der Waals surface area contributed by atoms with E-state index in [9.17, 15) is 9.18 Å². The van der Waals surface area contributed by atoms with Gasteiger partial charge in [-0.15, -0.1) is 0 Å². The van der Waals surface area contributed by atoms with Crippen molar-refractivity contribution in [1.29, 1.82) is 0 Å². The van der Waals surface area contributed by atoms with Crippen molar-refractivity contribution >= 4 is 5.78 Å². The highest BCUT2D eigenvalue weighted by molar-refractivity contribution is 6.02. The molecular formula is C15H20FNO. The van der Waals surface area contributed by atoms with Gasteiger partial charge in [0.1, 0.15) is 5.82 Å². The third kappa shape index (κ3) is 2.32. The third-order valence-corrected chi connectivity index (χ3v) is 4.13. The lowest BCUT2D eigenvalue weighted by Crippen LogP contribution is -2.40. The van der Waals surface area contributed by atoms with Crippen LogP contribution in [0.2, 0.25) is 0 Å². The number of carbonyl (C=O) groups is 1. The summed E-state index contributed by atoms with van der Waals surface area (Å²) < 4.78 is 13.3. The summed E-state index contributed by atoms with van der Waals surface area (Å²) >= 11 is 0. The molecule has 1 fully saturated rings. The Bertz CT molecular complexity index is 450. The minimum Gasteiger partial charge on any atom is -0.329 e. The molecule has 0 spiro atoms. The highest BCUT2D eigenvalue weighted by Crippen LogP contribution is 2.38. The Balaban J connectivity index is 2.36. The van der Waals surface area contributed by atoms with E-state index in [1.807, 2.05) is 6.92 Å². The molecule has 0 aliphatic heterocycles. The molecule has 0 amide bonds. The second-order valence-corrected chi connectivity index (χ2v) is 5.33. The molecule has 0 bridgehead atoms. The minimum atomic E-state index is -0.462. The van der Waals surface area contributed by atoms with Gasteiger partial charge in [-0.2, -0.15) is 0 Å². The highest BCUT2D eigenvalue weighted by Gasteiger charge is 2.39. The molecule has 18 heavy (non-hydrogen) atoms. The van der Waals surface area contributed by atoms with Crippen LogP contribution in [-0.2, 0) is 0 Å². The van der Waals surface area contributed by atoms with E-state index in [-0.39, 0.29) is 11.6 Å². The van der Waals surface area contributed by atoms with Crippen molar-refractivity contribution in [3.8, 4) is 0 Å². The van der Waals surface area contributed by atoms with Crippen LogP contribution in [0, 0.1) is 18.2 Å². The van der Waals surface area contributed by atoms with Crippen LogP contribution >= 0.6 is 0 Å². The first-order valence-corrected chi connectivity index (χ1v) is 6.60. The van der Waals surface area contributed by atoms with Crippen LogP contribution in [0.4, 0.5) is 4.39 Å². The molecule has 1 saturated carbocycles. The number of hydrogen-bond donors (Lipinski definition) is 1. The molecule has 0 heterocycles. The Hall–Kier alpha value is -1.22. The molecule has 0 unspecified atom stereocenters. The van der Waals surface area contributed by atoms with Crippen LogP contribution in [0.5, 0.6) is 0 Å². The molecule has 1 aliphatic rings. The average molecular weight is 249 g/mol. The van der Waals surface area contributed by atoms with Gasteiger partial charge >= 0.3 is 0 Å². The van der Waals surface area contributed by atoms with Crippen molar-refractivity contribution in [2.75, 3.05) is 6.54 Å². The fourth-order valence-corrected chi connectivity index (χ4v) is 2.88. The zero-order valence-corrected chi connectivity index (χ0v) is 10.8. The number of nitrogens with two attached hydrogens (primary N) is 1. The lowest BCUT2D eigenvalue weighted by atomic mass is 9.69. The zero-order chi connectivity index (χ0) is 13.2. The van der Waals surface area contributed by atoms with E-state index in [1.54, 1.807) is 6.07 Å². The summed E-state index contributed by atoms with van der Waals surface area (Å²) in [6.07, 6.45) is 4.91. The predicted molar refractivity (Wildman–Crippen MR) is 70.0 cm³/mol. The SMILES string of the molecule is Cc1ccc(F)cc1C(=O)C1(CN)CCCCC1. The molecule has 2 rings (SSSR count). The zero-order valence-electron chi connectivity index (χ0n) is 10.8. The standard InChI is InChI=1S/C15H20FNO/c1-11-5-6-12(16)9-13(11)14(18)15(10-17)7-3-2-4-8-15/h5-6,9H,2-4,7-8,10,17H2,1H3. The number of rotatable bonds is 3. The number of aryl methyl sites for hydroxylation is 1. The maximum absolute atomic E-state index is 13.3. The molecule has 0 atom stereocenters. The molecule has 1 aromatic carbocycles. The first kappa shape index (κ1) is 13.2. The average Bonchev–Trinajstić information content (AvgIpc) is 2.41. The first-order valence-electron chi connectivity index (χ1n) is 6.60. The predicted octanol–water partition coefficient (Wildman–Crippen LogP) is 3.23. The van der Waals surface area contributed by atoms with Gasteiger partial charge in [0.25, 0.3) is 0 Å². The third-order valence-electron chi connectivity index (χ3n) is 4.13. The van der Waals surface area contributed by atoms with E-state index in [0.717, 1.165) is 37.7 Å². The molecule has 2 nitrogen and oxygen atoms in total. The fraction of sp³-hybridized carbons (Fsp3) is 0.533. The molecule has 1 aliphatic carbocycles. The van der Waals surface area contributed by atoms with Crippen molar-refractivity contribution < 1.29 is 9.18 Å². The van der Waals surface area contributed by atoms with Gasteiger partial charge in [-0.05, 0) is 37.5 Å². The fourth-order valence-electron chi connectivity index (χ4n) is 2.88. The van der Waals surface area contributed by atoms with Crippen molar-refractivity contribution in [2.45, 2.75) is 39.0 Å². The van der Waals surface area contributed by atoms with E-state index in [2.05, 4.69) is 0 Å². The van der Waals surface area contributed by atoms with Crippen molar-refractivity contribution in [2.24, 2.45) is 11.1 Å². The van der Waals surface area contributed by atoms with Gasteiger partial charge in [0.15, 0.2) is 5.78 Å². The van der Waals surface area contributed by atoms with Crippen LogP contribution in [0.25, 0.3) is 0 Å². The number of carbonyl (C=O) groups excluding carboxylic acids is 1. The summed E-state index contributed by atoms with van der Waals surface area (Å²) in [5.41, 5.74) is 6.72. The number of hydrogen-bond acceptors (Lipinski definition) is 2. The molecule has 3 heteroatoms. The Labute approximate surface area is 107 Å². The molecule has 1 aromatic rings. The van der Waals surface area contributed by atoms with Gasteiger partial charge in [0.05, 0.1) is 0 Å². The van der Waals surface area contributed by atoms with Gasteiger partial charge in [-0.3, -0.25) is 4.79 Å². The van der Waals surface area contributed by atoms with E-state index in [4.69, 9.17) is 5.73 Å². The normalized spacial score (nSPS) is 18.6. The Morgan fingerprint density at radius 2 is 2.00 bits per heavy atom. The van der Waals surface area contributed by atoms with E-state index in [1.165, 1.54) is 12.1 Å². The van der Waals surface area contributed by atoms with E-state index in [0.29, 0.717) is 12.1 Å². The van der Waals surface area contributed by atoms with Gasteiger partial charge in [-0.25, -0.2) is 4.39 Å². The summed E-state index contributed by atoms with van der Waals surface area (Å²) in [5.74, 6) is -0.325. The van der Waals surface area contributed by atoms with Crippen LogP contribution in [0.1, 0.15) is 48.0 Å². The van der Waals surface area contributed by atoms with Gasteiger partial charge in [0, 0.05) is 17.5 Å². The molecular weight excluding hydrogens is 229 g/mol. The summed E-state index contributed by atoms with van der Waals surface area (Å²) in [6.45, 7) is 2.21. The van der Waals surface area contributed by atoms with E-state index >= 15 is 0 Å². The largest absolute Gasteiger partial charge is 0.329 e. The number of Topliss-reactive ketones (excluding diaryl/α,β-unsaturated/α-hetero) is 1. The molecule has 0 aromatic heterocycles. The van der Waals surface area contributed by atoms with E-state index < -0.39 is 5.41 Å². The second-order valence-electron chi connectivity index (χ2n) is 5.33. The monoisotopic (exact) mass is 249 g/mol. The topological polar surface area (TPSA) is 43.1 Å². The Morgan fingerprint density at radius 1 is 1.33 bits per heavy atom. The quantitative estimate of drug-likeness (QED) is 0.836. The van der Waals surface area contributed by atoms with Crippen LogP contribution in [0.15, 0.2) is 18.2 Å². The number of benzene rings is 1. The maximum atomic E-state index is 13.3. The molecule has 2 N–H and O–H groups in total. The number of halogens is 1.